The van der Waals surface area contributed by atoms with Crippen LogP contribution in [0, 0.1) is 0 Å². The van der Waals surface area contributed by atoms with Crippen molar-refractivity contribution in [3.8, 4) is 0 Å². The van der Waals surface area contributed by atoms with E-state index in [0.29, 0.717) is 25.2 Å². The second kappa shape index (κ2) is 13.2. The van der Waals surface area contributed by atoms with E-state index in [9.17, 15) is 4.79 Å². The van der Waals surface area contributed by atoms with Gasteiger partial charge >= 0.3 is 0 Å². The van der Waals surface area contributed by atoms with Crippen LogP contribution in [-0.2, 0) is 4.79 Å². The van der Waals surface area contributed by atoms with Gasteiger partial charge in [-0.05, 0) is 18.1 Å². The van der Waals surface area contributed by atoms with Gasteiger partial charge in [0.1, 0.15) is 5.78 Å². The number of halogens is 2. The van der Waals surface area contributed by atoms with Crippen molar-refractivity contribution in [2.24, 2.45) is 5.73 Å². The maximum absolute atomic E-state index is 12.2. The van der Waals surface area contributed by atoms with Gasteiger partial charge < -0.3 is 5.73 Å². The smallest absolute Gasteiger partial charge is 0.134 e. The van der Waals surface area contributed by atoms with Crippen LogP contribution in [0.4, 0.5) is 0 Å². The van der Waals surface area contributed by atoms with Gasteiger partial charge in [-0.2, -0.15) is 11.8 Å². The highest BCUT2D eigenvalue weighted by Crippen LogP contribution is 2.36. The summed E-state index contributed by atoms with van der Waals surface area (Å²) in [6.07, 6.45) is 5.80. The van der Waals surface area contributed by atoms with Crippen LogP contribution in [0.5, 0.6) is 0 Å². The first-order valence-electron chi connectivity index (χ1n) is 7.76. The lowest BCUT2D eigenvalue weighted by atomic mass is 10.0. The van der Waals surface area contributed by atoms with Gasteiger partial charge in [-0.25, -0.2) is 0 Å². The topological polar surface area (TPSA) is 43.1 Å². The molecule has 1 rings (SSSR count). The Balaban J connectivity index is 0.00000441. The summed E-state index contributed by atoms with van der Waals surface area (Å²) >= 11 is 8.00. The Labute approximate surface area is 150 Å². The maximum atomic E-state index is 12.2. The van der Waals surface area contributed by atoms with E-state index in [1.54, 1.807) is 11.8 Å². The molecule has 0 aromatic heterocycles. The van der Waals surface area contributed by atoms with Crippen molar-refractivity contribution >= 4 is 41.6 Å². The molecule has 0 amide bonds. The lowest BCUT2D eigenvalue weighted by Gasteiger charge is -2.17. The molecule has 0 fully saturated rings. The Bertz CT molecular complexity index is 429. The molecule has 0 aliphatic rings. The lowest BCUT2D eigenvalue weighted by Crippen LogP contribution is -2.09. The molecule has 1 aromatic rings. The molecular weight excluding hydrogens is 337 g/mol. The number of benzene rings is 1. The first-order valence-corrected chi connectivity index (χ1v) is 9.19. The Morgan fingerprint density at radius 2 is 2.00 bits per heavy atom. The van der Waals surface area contributed by atoms with E-state index >= 15 is 0 Å². The van der Waals surface area contributed by atoms with Crippen LogP contribution < -0.4 is 5.73 Å². The molecule has 0 spiro atoms. The summed E-state index contributed by atoms with van der Waals surface area (Å²) in [6.45, 7) is 2.80. The molecule has 2 nitrogen and oxygen atoms in total. The molecule has 22 heavy (non-hydrogen) atoms. The Hall–Kier alpha value is -0.220. The molecule has 1 atom stereocenters. The van der Waals surface area contributed by atoms with Crippen LogP contribution in [0.3, 0.4) is 0 Å². The molecule has 2 N–H and O–H groups in total. The predicted octanol–water partition coefficient (Wildman–Crippen LogP) is 5.42. The summed E-state index contributed by atoms with van der Waals surface area (Å²) in [7, 11) is 0. The molecule has 1 aromatic carbocycles. The first-order chi connectivity index (χ1) is 10.2. The molecular formula is C17H27Cl2NOS. The molecule has 5 heteroatoms. The van der Waals surface area contributed by atoms with Gasteiger partial charge in [-0.15, -0.1) is 12.4 Å². The van der Waals surface area contributed by atoms with Crippen molar-refractivity contribution < 1.29 is 4.79 Å². The summed E-state index contributed by atoms with van der Waals surface area (Å²) in [6, 6.07) is 7.80. The van der Waals surface area contributed by atoms with Crippen LogP contribution in [0.1, 0.15) is 56.3 Å². The van der Waals surface area contributed by atoms with E-state index < -0.39 is 0 Å². The number of ketones is 1. The van der Waals surface area contributed by atoms with Crippen LogP contribution in [0.2, 0.25) is 5.02 Å². The van der Waals surface area contributed by atoms with Crippen molar-refractivity contribution in [2.45, 2.75) is 50.7 Å². The summed E-state index contributed by atoms with van der Waals surface area (Å²) in [5, 5.41) is 0.867. The number of hydrogen-bond acceptors (Lipinski definition) is 3. The molecule has 0 aliphatic heterocycles. The van der Waals surface area contributed by atoms with Crippen molar-refractivity contribution in [2.75, 3.05) is 12.3 Å². The standard InChI is InChI=1S/C17H26ClNOS.ClH/c1-2-3-4-5-8-14(20)13-17(21-12-11-19)15-9-6-7-10-16(15)18;/h6-7,9-10,17H,2-5,8,11-13,19H2,1H3;1H. The normalized spacial score (nSPS) is 11.8. The largest absolute Gasteiger partial charge is 0.330 e. The van der Waals surface area contributed by atoms with Gasteiger partial charge in [0.25, 0.3) is 0 Å². The van der Waals surface area contributed by atoms with E-state index in [2.05, 4.69) is 6.92 Å². The van der Waals surface area contributed by atoms with E-state index in [1.165, 1.54) is 12.8 Å². The maximum Gasteiger partial charge on any atom is 0.134 e. The number of rotatable bonds is 11. The zero-order chi connectivity index (χ0) is 15.5. The monoisotopic (exact) mass is 363 g/mol. The van der Waals surface area contributed by atoms with Crippen molar-refractivity contribution in [1.29, 1.82) is 0 Å². The third-order valence-corrected chi connectivity index (χ3v) is 5.05. The highest BCUT2D eigenvalue weighted by Gasteiger charge is 2.18. The van der Waals surface area contributed by atoms with E-state index in [-0.39, 0.29) is 17.7 Å². The number of hydrogen-bond donors (Lipinski definition) is 1. The second-order valence-corrected chi connectivity index (χ2v) is 6.94. The van der Waals surface area contributed by atoms with E-state index in [4.69, 9.17) is 17.3 Å². The fraction of sp³-hybridized carbons (Fsp3) is 0.588. The first kappa shape index (κ1) is 21.8. The van der Waals surface area contributed by atoms with Crippen LogP contribution in [-0.4, -0.2) is 18.1 Å². The minimum atomic E-state index is 0. The van der Waals surface area contributed by atoms with Gasteiger partial charge in [-0.3, -0.25) is 4.79 Å². The molecule has 1 unspecified atom stereocenters. The minimum Gasteiger partial charge on any atom is -0.330 e. The van der Waals surface area contributed by atoms with Crippen LogP contribution in [0.15, 0.2) is 24.3 Å². The van der Waals surface area contributed by atoms with Gasteiger partial charge in [0.2, 0.25) is 0 Å². The second-order valence-electron chi connectivity index (χ2n) is 5.22. The van der Waals surface area contributed by atoms with E-state index in [0.717, 1.165) is 29.2 Å². The SMILES string of the molecule is CCCCCCC(=O)CC(SCCN)c1ccccc1Cl.Cl. The highest BCUT2D eigenvalue weighted by atomic mass is 35.5. The number of carbonyl (C=O) groups is 1. The average Bonchev–Trinajstić information content (AvgIpc) is 2.48. The van der Waals surface area contributed by atoms with Crippen LogP contribution >= 0.6 is 35.8 Å². The molecule has 0 saturated carbocycles. The fourth-order valence-corrected chi connectivity index (χ4v) is 3.70. The lowest BCUT2D eigenvalue weighted by molar-refractivity contribution is -0.119. The number of nitrogens with two attached hydrogens (primary N) is 1. The summed E-state index contributed by atoms with van der Waals surface area (Å²) < 4.78 is 0. The predicted molar refractivity (Wildman–Crippen MR) is 101 cm³/mol. The Kier molecular flexibility index (Phi) is 13.1. The van der Waals surface area contributed by atoms with E-state index in [1.807, 2.05) is 24.3 Å². The Morgan fingerprint density at radius 1 is 1.27 bits per heavy atom. The van der Waals surface area contributed by atoms with Gasteiger partial charge in [-0.1, -0.05) is 56.0 Å². The average molecular weight is 364 g/mol. The molecule has 126 valence electrons. The molecule has 0 aliphatic carbocycles. The quantitative estimate of drug-likeness (QED) is 0.533. The molecule has 0 saturated heterocycles. The summed E-state index contributed by atoms with van der Waals surface area (Å²) in [4.78, 5) is 12.2. The van der Waals surface area contributed by atoms with Crippen molar-refractivity contribution in [1.82, 2.24) is 0 Å². The fourth-order valence-electron chi connectivity index (χ4n) is 2.26. The zero-order valence-corrected chi connectivity index (χ0v) is 15.6. The number of thioether (sulfide) groups is 1. The van der Waals surface area contributed by atoms with Crippen LogP contribution in [0.25, 0.3) is 0 Å². The Morgan fingerprint density at radius 3 is 2.64 bits per heavy atom. The third kappa shape index (κ3) is 8.42. The van der Waals surface area contributed by atoms with Gasteiger partial charge in [0, 0.05) is 35.4 Å². The highest BCUT2D eigenvalue weighted by molar-refractivity contribution is 7.99. The molecule has 0 bridgehead atoms. The van der Waals surface area contributed by atoms with Crippen molar-refractivity contribution in [3.63, 3.8) is 0 Å². The number of carbonyl (C=O) groups excluding carboxylic acids is 1. The number of unbranched alkanes of at least 4 members (excludes halogenated alkanes) is 3. The van der Waals surface area contributed by atoms with Gasteiger partial charge in [0.05, 0.1) is 0 Å². The third-order valence-electron chi connectivity index (χ3n) is 3.41. The minimum absolute atomic E-state index is 0. The molecule has 0 heterocycles. The summed E-state index contributed by atoms with van der Waals surface area (Å²) in [5.41, 5.74) is 6.65. The van der Waals surface area contributed by atoms with Gasteiger partial charge in [0.15, 0.2) is 0 Å². The van der Waals surface area contributed by atoms with Crippen molar-refractivity contribution in [3.05, 3.63) is 34.9 Å². The summed E-state index contributed by atoms with van der Waals surface area (Å²) in [5.74, 6) is 1.18. The zero-order valence-electron chi connectivity index (χ0n) is 13.2. The number of Topliss-reactive ketones (excluding diaryl/α,β-unsaturated/α-hetero) is 1. The molecule has 0 radical (unpaired) electrons.